The van der Waals surface area contributed by atoms with Crippen LogP contribution in [0.3, 0.4) is 0 Å². The van der Waals surface area contributed by atoms with Crippen LogP contribution in [0.2, 0.25) is 0 Å². The second-order valence-corrected chi connectivity index (χ2v) is 5.08. The molecule has 0 saturated heterocycles. The summed E-state index contributed by atoms with van der Waals surface area (Å²) in [7, 11) is -1.21. The lowest BCUT2D eigenvalue weighted by atomic mass is 10.0. The van der Waals surface area contributed by atoms with Gasteiger partial charge in [0.2, 0.25) is 0 Å². The third-order valence-electron chi connectivity index (χ3n) is 1.76. The minimum Gasteiger partial charge on any atom is -0.481 e. The Morgan fingerprint density at radius 1 is 1.21 bits per heavy atom. The Morgan fingerprint density at radius 3 is 1.93 bits per heavy atom. The third-order valence-corrected chi connectivity index (χ3v) is 3.43. The number of carboxylic acid groups (broad SMARTS) is 2. The van der Waals surface area contributed by atoms with Crippen LogP contribution < -0.4 is 0 Å². The smallest absolute Gasteiger partial charge is 0.303 e. The SMILES string of the molecule is CCP(O)CC(CC(=O)O)CC(=O)O. The van der Waals surface area contributed by atoms with Gasteiger partial charge < -0.3 is 15.1 Å². The highest BCUT2D eigenvalue weighted by molar-refractivity contribution is 7.51. The first-order chi connectivity index (χ1) is 6.45. The quantitative estimate of drug-likeness (QED) is 0.557. The number of carbonyl (C=O) groups is 2. The summed E-state index contributed by atoms with van der Waals surface area (Å²) >= 11 is 0. The standard InChI is InChI=1S/C8H15O5P/c1-2-14(13)5-6(3-7(9)10)4-8(11)12/h6,13H,2-5H2,1H3,(H,9,10)(H,11,12). The molecule has 0 aromatic heterocycles. The van der Waals surface area contributed by atoms with Crippen molar-refractivity contribution < 1.29 is 24.7 Å². The Balaban J connectivity index is 4.09. The van der Waals surface area contributed by atoms with Gasteiger partial charge in [0.05, 0.1) is 0 Å². The van der Waals surface area contributed by atoms with Crippen LogP contribution in [0.25, 0.3) is 0 Å². The molecule has 0 aliphatic heterocycles. The van der Waals surface area contributed by atoms with Gasteiger partial charge >= 0.3 is 11.9 Å². The molecule has 0 spiro atoms. The van der Waals surface area contributed by atoms with Gasteiger partial charge in [-0.05, 0) is 18.2 Å². The predicted molar refractivity (Wildman–Crippen MR) is 52.5 cm³/mol. The molecule has 6 heteroatoms. The van der Waals surface area contributed by atoms with E-state index in [4.69, 9.17) is 10.2 Å². The van der Waals surface area contributed by atoms with E-state index in [0.29, 0.717) is 12.3 Å². The molecular weight excluding hydrogens is 207 g/mol. The van der Waals surface area contributed by atoms with Crippen LogP contribution in [0.15, 0.2) is 0 Å². The number of hydrogen-bond donors (Lipinski definition) is 3. The van der Waals surface area contributed by atoms with E-state index in [1.165, 1.54) is 0 Å². The average molecular weight is 222 g/mol. The van der Waals surface area contributed by atoms with Crippen molar-refractivity contribution in [3.63, 3.8) is 0 Å². The second-order valence-electron chi connectivity index (χ2n) is 3.07. The molecule has 0 radical (unpaired) electrons. The van der Waals surface area contributed by atoms with Crippen molar-refractivity contribution >= 4 is 20.1 Å². The van der Waals surface area contributed by atoms with E-state index in [2.05, 4.69) is 0 Å². The lowest BCUT2D eigenvalue weighted by molar-refractivity contribution is -0.140. The first kappa shape index (κ1) is 13.3. The highest BCUT2D eigenvalue weighted by atomic mass is 31.1. The predicted octanol–water partition coefficient (Wildman–Crippen LogP) is 0.961. The molecule has 0 aromatic carbocycles. The lowest BCUT2D eigenvalue weighted by Gasteiger charge is -2.15. The van der Waals surface area contributed by atoms with Gasteiger partial charge in [0.15, 0.2) is 0 Å². The molecule has 5 nitrogen and oxygen atoms in total. The normalized spacial score (nSPS) is 12.8. The Labute approximate surface area is 83.6 Å². The topological polar surface area (TPSA) is 94.8 Å². The minimum atomic E-state index is -1.21. The summed E-state index contributed by atoms with van der Waals surface area (Å²) in [5, 5.41) is 17.0. The summed E-state index contributed by atoms with van der Waals surface area (Å²) in [5.41, 5.74) is 0. The van der Waals surface area contributed by atoms with Gasteiger partial charge in [-0.2, -0.15) is 0 Å². The van der Waals surface area contributed by atoms with Gasteiger partial charge in [0.1, 0.15) is 0 Å². The Hall–Kier alpha value is -0.670. The van der Waals surface area contributed by atoms with E-state index >= 15 is 0 Å². The molecule has 82 valence electrons. The molecule has 14 heavy (non-hydrogen) atoms. The molecule has 0 rings (SSSR count). The fraction of sp³-hybridized carbons (Fsp3) is 0.750. The van der Waals surface area contributed by atoms with Gasteiger partial charge in [-0.1, -0.05) is 6.92 Å². The molecule has 0 heterocycles. The minimum absolute atomic E-state index is 0.189. The number of aliphatic carboxylic acids is 2. The lowest BCUT2D eigenvalue weighted by Crippen LogP contribution is -2.15. The fourth-order valence-electron chi connectivity index (χ4n) is 1.12. The third kappa shape index (κ3) is 6.80. The van der Waals surface area contributed by atoms with Crippen LogP contribution in [0, 0.1) is 5.92 Å². The van der Waals surface area contributed by atoms with Crippen molar-refractivity contribution in [3.8, 4) is 0 Å². The fourth-order valence-corrected chi connectivity index (χ4v) is 2.23. The van der Waals surface area contributed by atoms with E-state index in [-0.39, 0.29) is 12.8 Å². The number of hydrogen-bond acceptors (Lipinski definition) is 3. The highest BCUT2D eigenvalue weighted by Gasteiger charge is 2.19. The molecule has 0 saturated carbocycles. The van der Waals surface area contributed by atoms with Gasteiger partial charge in [-0.3, -0.25) is 9.59 Å². The van der Waals surface area contributed by atoms with Crippen molar-refractivity contribution in [2.75, 3.05) is 12.3 Å². The van der Waals surface area contributed by atoms with Crippen LogP contribution in [0.4, 0.5) is 0 Å². The molecular formula is C8H15O5P. The molecule has 0 aliphatic carbocycles. The monoisotopic (exact) mass is 222 g/mol. The summed E-state index contributed by atoms with van der Waals surface area (Å²) in [5.74, 6) is -2.49. The summed E-state index contributed by atoms with van der Waals surface area (Å²) in [6, 6.07) is 0. The van der Waals surface area contributed by atoms with Gasteiger partial charge in [0, 0.05) is 21.0 Å². The Bertz CT molecular complexity index is 190. The van der Waals surface area contributed by atoms with Crippen LogP contribution >= 0.6 is 8.15 Å². The summed E-state index contributed by atoms with van der Waals surface area (Å²) < 4.78 is 0. The molecule has 1 unspecified atom stereocenters. The van der Waals surface area contributed by atoms with Crippen molar-refractivity contribution in [3.05, 3.63) is 0 Å². The molecule has 0 aromatic rings. The number of rotatable bonds is 7. The van der Waals surface area contributed by atoms with Crippen molar-refractivity contribution in [2.45, 2.75) is 19.8 Å². The van der Waals surface area contributed by atoms with Crippen LogP contribution in [-0.4, -0.2) is 39.4 Å². The maximum Gasteiger partial charge on any atom is 0.303 e. The van der Waals surface area contributed by atoms with Crippen molar-refractivity contribution in [1.29, 1.82) is 0 Å². The Morgan fingerprint density at radius 2 is 1.64 bits per heavy atom. The van der Waals surface area contributed by atoms with Gasteiger partial charge in [0.25, 0.3) is 0 Å². The van der Waals surface area contributed by atoms with Crippen molar-refractivity contribution in [1.82, 2.24) is 0 Å². The molecule has 0 aliphatic rings. The first-order valence-electron chi connectivity index (χ1n) is 4.33. The van der Waals surface area contributed by atoms with Crippen LogP contribution in [-0.2, 0) is 9.59 Å². The molecule has 0 amide bonds. The summed E-state index contributed by atoms with van der Waals surface area (Å²) in [6.07, 6.45) is 0.493. The largest absolute Gasteiger partial charge is 0.481 e. The molecule has 3 N–H and O–H groups in total. The maximum absolute atomic E-state index is 10.4. The summed E-state index contributed by atoms with van der Waals surface area (Å²) in [6.45, 7) is 1.80. The van der Waals surface area contributed by atoms with Gasteiger partial charge in [-0.15, -0.1) is 0 Å². The van der Waals surface area contributed by atoms with E-state index < -0.39 is 26.0 Å². The molecule has 0 bridgehead atoms. The van der Waals surface area contributed by atoms with Crippen LogP contribution in [0.1, 0.15) is 19.8 Å². The van der Waals surface area contributed by atoms with Crippen LogP contribution in [0.5, 0.6) is 0 Å². The van der Waals surface area contributed by atoms with E-state index in [1.807, 2.05) is 0 Å². The first-order valence-corrected chi connectivity index (χ1v) is 5.99. The maximum atomic E-state index is 10.4. The zero-order valence-corrected chi connectivity index (χ0v) is 8.91. The van der Waals surface area contributed by atoms with Crippen molar-refractivity contribution in [2.24, 2.45) is 5.92 Å². The zero-order chi connectivity index (χ0) is 11.1. The zero-order valence-electron chi connectivity index (χ0n) is 8.01. The van der Waals surface area contributed by atoms with Gasteiger partial charge in [-0.25, -0.2) is 0 Å². The Kier molecular flexibility index (Phi) is 6.41. The van der Waals surface area contributed by atoms with E-state index in [1.54, 1.807) is 6.92 Å². The highest BCUT2D eigenvalue weighted by Crippen LogP contribution is 2.33. The average Bonchev–Trinajstić information content (AvgIpc) is 2.01. The second kappa shape index (κ2) is 6.74. The van der Waals surface area contributed by atoms with E-state index in [0.717, 1.165) is 0 Å². The number of carboxylic acids is 2. The molecule has 0 fully saturated rings. The van der Waals surface area contributed by atoms with E-state index in [9.17, 15) is 14.5 Å². The molecule has 1 atom stereocenters. The summed E-state index contributed by atoms with van der Waals surface area (Å²) in [4.78, 5) is 30.1.